The fourth-order valence-electron chi connectivity index (χ4n) is 6.00. The summed E-state index contributed by atoms with van der Waals surface area (Å²) < 4.78 is 24.7. The van der Waals surface area contributed by atoms with Crippen LogP contribution in [-0.4, -0.2) is 51.1 Å². The minimum atomic E-state index is -0.359. The van der Waals surface area contributed by atoms with Crippen molar-refractivity contribution < 1.29 is 4.39 Å². The molecule has 2 aromatic carbocycles. The quantitative estimate of drug-likeness (QED) is 0.336. The highest BCUT2D eigenvalue weighted by atomic mass is 19.1. The van der Waals surface area contributed by atoms with Gasteiger partial charge < -0.3 is 9.47 Å². The summed E-state index contributed by atoms with van der Waals surface area (Å²) in [7, 11) is 7.34. The summed E-state index contributed by atoms with van der Waals surface area (Å²) in [5.41, 5.74) is 6.64. The molecule has 0 radical (unpaired) electrons. The molecule has 0 saturated carbocycles. The summed E-state index contributed by atoms with van der Waals surface area (Å²) in [5, 5.41) is 4.22. The molecular formula is C29H30FN9O. The van der Waals surface area contributed by atoms with Gasteiger partial charge in [-0.3, -0.25) is 18.4 Å². The lowest BCUT2D eigenvalue weighted by molar-refractivity contribution is 0.578. The molecule has 0 amide bonds. The molecule has 0 bridgehead atoms. The fourth-order valence-corrected chi connectivity index (χ4v) is 6.00. The van der Waals surface area contributed by atoms with Crippen LogP contribution in [-0.2, 0) is 28.2 Å². The van der Waals surface area contributed by atoms with E-state index < -0.39 is 0 Å². The van der Waals surface area contributed by atoms with Crippen molar-refractivity contribution in [2.75, 3.05) is 18.0 Å². The zero-order valence-corrected chi connectivity index (χ0v) is 23.0. The Balaban J connectivity index is 1.55. The van der Waals surface area contributed by atoms with Gasteiger partial charge in [-0.25, -0.2) is 19.2 Å². The number of anilines is 1. The van der Waals surface area contributed by atoms with Crippen LogP contribution in [0.5, 0.6) is 0 Å². The monoisotopic (exact) mass is 539 g/mol. The Kier molecular flexibility index (Phi) is 5.45. The van der Waals surface area contributed by atoms with Crippen molar-refractivity contribution >= 4 is 27.8 Å². The number of fused-ring (bicyclic) bond motifs is 2. The van der Waals surface area contributed by atoms with E-state index in [-0.39, 0.29) is 11.5 Å². The van der Waals surface area contributed by atoms with E-state index in [0.29, 0.717) is 28.0 Å². The van der Waals surface area contributed by atoms with Gasteiger partial charge in [-0.15, -0.1) is 0 Å². The van der Waals surface area contributed by atoms with E-state index >= 15 is 4.39 Å². The largest absolute Gasteiger partial charge is 0.370 e. The summed E-state index contributed by atoms with van der Waals surface area (Å²) in [6, 6.07) is 7.43. The van der Waals surface area contributed by atoms with Gasteiger partial charge in [0, 0.05) is 64.7 Å². The lowest BCUT2D eigenvalue weighted by atomic mass is 10.1. The zero-order valence-electron chi connectivity index (χ0n) is 23.0. The first-order chi connectivity index (χ1) is 19.3. The first-order valence-corrected chi connectivity index (χ1v) is 13.4. The number of benzene rings is 2. The second kappa shape index (κ2) is 8.94. The standard InChI is InChI=1S/C29H30FN9O/c1-34-17-31-15-26(34)28-33-22-12-20(18-14-32-35(2)16-18)21(30)13-23(22)39(28)19-10-24-27(37(4)29(40)36(24)3)25(11-19)38-8-6-5-7-9-38/h10-17H,5-9H2,1-4H3. The van der Waals surface area contributed by atoms with Gasteiger partial charge in [0.1, 0.15) is 11.5 Å². The molecule has 4 aromatic heterocycles. The second-order valence-electron chi connectivity index (χ2n) is 10.7. The first kappa shape index (κ1) is 24.4. The molecule has 10 nitrogen and oxygen atoms in total. The van der Waals surface area contributed by atoms with Crippen LogP contribution in [0.15, 0.2) is 54.0 Å². The van der Waals surface area contributed by atoms with Crippen molar-refractivity contribution in [1.29, 1.82) is 0 Å². The van der Waals surface area contributed by atoms with Gasteiger partial charge in [0.05, 0.1) is 52.2 Å². The molecule has 1 saturated heterocycles. The number of hydrogen-bond acceptors (Lipinski definition) is 5. The number of imidazole rings is 3. The summed E-state index contributed by atoms with van der Waals surface area (Å²) in [6.45, 7) is 1.84. The Labute approximate surface area is 229 Å². The van der Waals surface area contributed by atoms with Crippen LogP contribution < -0.4 is 10.6 Å². The normalized spacial score (nSPS) is 14.2. The maximum atomic E-state index is 15.7. The van der Waals surface area contributed by atoms with Gasteiger partial charge in [0.25, 0.3) is 0 Å². The Hall–Kier alpha value is -4.67. The lowest BCUT2D eigenvalue weighted by Crippen LogP contribution is -2.30. The Morgan fingerprint density at radius 3 is 2.40 bits per heavy atom. The highest BCUT2D eigenvalue weighted by molar-refractivity contribution is 5.94. The molecule has 0 unspecified atom stereocenters. The van der Waals surface area contributed by atoms with E-state index in [2.05, 4.69) is 21.0 Å². The van der Waals surface area contributed by atoms with Crippen LogP contribution in [0.25, 0.3) is 50.4 Å². The summed E-state index contributed by atoms with van der Waals surface area (Å²) in [5.74, 6) is 0.283. The minimum Gasteiger partial charge on any atom is -0.370 e. The van der Waals surface area contributed by atoms with E-state index in [1.54, 1.807) is 57.9 Å². The minimum absolute atomic E-state index is 0.0834. The Bertz CT molecular complexity index is 1980. The molecule has 40 heavy (non-hydrogen) atoms. The maximum Gasteiger partial charge on any atom is 0.328 e. The van der Waals surface area contributed by atoms with E-state index in [9.17, 15) is 4.79 Å². The van der Waals surface area contributed by atoms with Gasteiger partial charge >= 0.3 is 5.69 Å². The third-order valence-electron chi connectivity index (χ3n) is 8.08. The average molecular weight is 540 g/mol. The van der Waals surface area contributed by atoms with Crippen molar-refractivity contribution in [3.63, 3.8) is 0 Å². The summed E-state index contributed by atoms with van der Waals surface area (Å²) >= 11 is 0. The predicted octanol–water partition coefficient (Wildman–Crippen LogP) is 4.15. The van der Waals surface area contributed by atoms with Crippen molar-refractivity contribution in [2.45, 2.75) is 19.3 Å². The molecule has 7 rings (SSSR count). The zero-order chi connectivity index (χ0) is 27.7. The van der Waals surface area contributed by atoms with Crippen LogP contribution in [0.4, 0.5) is 10.1 Å². The van der Waals surface area contributed by atoms with Crippen LogP contribution >= 0.6 is 0 Å². The highest BCUT2D eigenvalue weighted by Crippen LogP contribution is 2.37. The third-order valence-corrected chi connectivity index (χ3v) is 8.08. The topological polar surface area (TPSA) is 83.6 Å². The van der Waals surface area contributed by atoms with Crippen molar-refractivity contribution in [1.82, 2.24) is 38.0 Å². The molecule has 0 spiro atoms. The smallest absolute Gasteiger partial charge is 0.328 e. The fraction of sp³-hybridized carbons (Fsp3) is 0.310. The van der Waals surface area contributed by atoms with Crippen molar-refractivity contribution in [3.05, 3.63) is 65.5 Å². The van der Waals surface area contributed by atoms with E-state index in [1.807, 2.05) is 36.3 Å². The third kappa shape index (κ3) is 3.60. The number of aromatic nitrogens is 8. The maximum absolute atomic E-state index is 15.7. The SMILES string of the molecule is Cn1cc(-c2cc3nc(-c4cncn4C)n(-c4cc(N5CCCCC5)c5c(c4)n(C)c(=O)n5C)c3cc2F)cn1. The summed E-state index contributed by atoms with van der Waals surface area (Å²) in [6.07, 6.45) is 10.3. The number of piperidine rings is 1. The molecule has 1 fully saturated rings. The number of rotatable bonds is 4. The number of aryl methyl sites for hydroxylation is 4. The average Bonchev–Trinajstić information content (AvgIpc) is 3.72. The van der Waals surface area contributed by atoms with Gasteiger partial charge in [-0.1, -0.05) is 0 Å². The van der Waals surface area contributed by atoms with Crippen molar-refractivity contribution in [2.24, 2.45) is 28.2 Å². The molecular weight excluding hydrogens is 509 g/mol. The van der Waals surface area contributed by atoms with E-state index in [4.69, 9.17) is 4.98 Å². The molecule has 0 N–H and O–H groups in total. The molecule has 5 heterocycles. The van der Waals surface area contributed by atoms with Crippen molar-refractivity contribution in [3.8, 4) is 28.3 Å². The van der Waals surface area contributed by atoms with Crippen LogP contribution in [0, 0.1) is 5.82 Å². The first-order valence-electron chi connectivity index (χ1n) is 13.4. The van der Waals surface area contributed by atoms with Gasteiger partial charge in [-0.05, 0) is 37.5 Å². The summed E-state index contributed by atoms with van der Waals surface area (Å²) in [4.78, 5) is 24.8. The molecule has 1 aliphatic heterocycles. The highest BCUT2D eigenvalue weighted by Gasteiger charge is 2.24. The van der Waals surface area contributed by atoms with Crippen LogP contribution in [0.2, 0.25) is 0 Å². The molecule has 6 aromatic rings. The Morgan fingerprint density at radius 2 is 1.70 bits per heavy atom. The molecule has 11 heteroatoms. The second-order valence-corrected chi connectivity index (χ2v) is 10.7. The van der Waals surface area contributed by atoms with E-state index in [1.165, 1.54) is 6.42 Å². The van der Waals surface area contributed by atoms with Gasteiger partial charge in [0.15, 0.2) is 5.82 Å². The van der Waals surface area contributed by atoms with E-state index in [0.717, 1.165) is 54.0 Å². The van der Waals surface area contributed by atoms with Gasteiger partial charge in [-0.2, -0.15) is 5.10 Å². The number of nitrogens with zero attached hydrogens (tertiary/aromatic N) is 9. The molecule has 1 aliphatic rings. The number of hydrogen-bond donors (Lipinski definition) is 0. The lowest BCUT2D eigenvalue weighted by Gasteiger charge is -2.30. The van der Waals surface area contributed by atoms with Gasteiger partial charge in [0.2, 0.25) is 0 Å². The Morgan fingerprint density at radius 1 is 0.900 bits per heavy atom. The molecule has 204 valence electrons. The predicted molar refractivity (Wildman–Crippen MR) is 153 cm³/mol. The molecule has 0 aliphatic carbocycles. The van der Waals surface area contributed by atoms with Crippen LogP contribution in [0.3, 0.4) is 0 Å². The molecule has 0 atom stereocenters. The number of halogens is 1. The van der Waals surface area contributed by atoms with Crippen LogP contribution in [0.1, 0.15) is 19.3 Å².